The van der Waals surface area contributed by atoms with E-state index >= 15 is 0 Å². The molecule has 8 nitrogen and oxygen atoms in total. The van der Waals surface area contributed by atoms with Gasteiger partial charge in [-0.2, -0.15) is 4.31 Å². The molecule has 0 unspecified atom stereocenters. The van der Waals surface area contributed by atoms with E-state index < -0.39 is 21.5 Å². The van der Waals surface area contributed by atoms with E-state index in [9.17, 15) is 18.0 Å². The van der Waals surface area contributed by atoms with Crippen LogP contribution in [0.25, 0.3) is 10.9 Å². The van der Waals surface area contributed by atoms with Crippen molar-refractivity contribution in [1.29, 1.82) is 0 Å². The van der Waals surface area contributed by atoms with Gasteiger partial charge in [0.05, 0.1) is 15.8 Å². The number of carbonyl (C=O) groups is 1. The monoisotopic (exact) mass is 440 g/mol. The van der Waals surface area contributed by atoms with Crippen LogP contribution in [0.5, 0.6) is 0 Å². The number of benzene rings is 2. The van der Waals surface area contributed by atoms with Crippen LogP contribution in [0.2, 0.25) is 0 Å². The highest BCUT2D eigenvalue weighted by Crippen LogP contribution is 2.26. The Morgan fingerprint density at radius 3 is 2.35 bits per heavy atom. The minimum atomic E-state index is -3.62. The predicted molar refractivity (Wildman–Crippen MR) is 118 cm³/mol. The molecular formula is C22H24N4O4S. The molecule has 1 aromatic heterocycles. The maximum absolute atomic E-state index is 13.0. The van der Waals surface area contributed by atoms with E-state index in [1.54, 1.807) is 24.3 Å². The SMILES string of the molecule is C[C@H]1C[C@H](C)CN(S(=O)(=O)c2ccc(C(=O)Nn3cnc4ccccc4c3=O)cc2)C1. The third-order valence-corrected chi connectivity index (χ3v) is 7.32. The largest absolute Gasteiger partial charge is 0.280 e. The lowest BCUT2D eigenvalue weighted by molar-refractivity contribution is 0.101. The van der Waals surface area contributed by atoms with Gasteiger partial charge in [0, 0.05) is 18.7 Å². The van der Waals surface area contributed by atoms with Crippen molar-refractivity contribution >= 4 is 26.8 Å². The minimum absolute atomic E-state index is 0.148. The number of fused-ring (bicyclic) bond motifs is 1. The number of nitrogens with zero attached hydrogens (tertiary/aromatic N) is 3. The fourth-order valence-electron chi connectivity index (χ4n) is 4.05. The molecule has 4 rings (SSSR count). The van der Waals surface area contributed by atoms with Gasteiger partial charge in [-0.3, -0.25) is 15.0 Å². The summed E-state index contributed by atoms with van der Waals surface area (Å²) in [7, 11) is -3.62. The summed E-state index contributed by atoms with van der Waals surface area (Å²) < 4.78 is 28.5. The molecule has 1 amide bonds. The summed E-state index contributed by atoms with van der Waals surface area (Å²) in [6, 6.07) is 12.6. The van der Waals surface area contributed by atoms with E-state index in [-0.39, 0.29) is 10.5 Å². The summed E-state index contributed by atoms with van der Waals surface area (Å²) in [5, 5.41) is 0.386. The van der Waals surface area contributed by atoms with Crippen LogP contribution in [0.3, 0.4) is 0 Å². The van der Waals surface area contributed by atoms with Gasteiger partial charge in [0.1, 0.15) is 6.33 Å². The second-order valence-electron chi connectivity index (χ2n) is 8.17. The van der Waals surface area contributed by atoms with Gasteiger partial charge in [0.15, 0.2) is 0 Å². The quantitative estimate of drug-likeness (QED) is 0.672. The number of piperidine rings is 1. The zero-order chi connectivity index (χ0) is 22.2. The number of amides is 1. The third-order valence-electron chi connectivity index (χ3n) is 5.48. The van der Waals surface area contributed by atoms with Crippen LogP contribution in [0, 0.1) is 11.8 Å². The van der Waals surface area contributed by atoms with Gasteiger partial charge >= 0.3 is 0 Å². The van der Waals surface area contributed by atoms with Crippen molar-refractivity contribution < 1.29 is 13.2 Å². The van der Waals surface area contributed by atoms with Crippen LogP contribution < -0.4 is 11.0 Å². The molecule has 2 aromatic carbocycles. The zero-order valence-corrected chi connectivity index (χ0v) is 18.2. The molecule has 0 spiro atoms. The van der Waals surface area contributed by atoms with Gasteiger partial charge in [-0.25, -0.2) is 18.1 Å². The Labute approximate surface area is 180 Å². The summed E-state index contributed by atoms with van der Waals surface area (Å²) in [4.78, 5) is 29.4. The first kappa shape index (κ1) is 21.2. The molecule has 2 heterocycles. The van der Waals surface area contributed by atoms with Crippen LogP contribution in [0.4, 0.5) is 0 Å². The summed E-state index contributed by atoms with van der Waals surface area (Å²) in [6.07, 6.45) is 2.26. The van der Waals surface area contributed by atoms with Crippen LogP contribution in [-0.4, -0.2) is 41.4 Å². The average Bonchev–Trinajstić information content (AvgIpc) is 2.75. The molecule has 9 heteroatoms. The number of nitrogens with one attached hydrogen (secondary N) is 1. The highest BCUT2D eigenvalue weighted by atomic mass is 32.2. The molecule has 162 valence electrons. The fourth-order valence-corrected chi connectivity index (χ4v) is 5.73. The molecule has 1 fully saturated rings. The molecule has 2 atom stereocenters. The lowest BCUT2D eigenvalue weighted by atomic mass is 9.94. The molecule has 3 aromatic rings. The lowest BCUT2D eigenvalue weighted by Gasteiger charge is -2.34. The first-order chi connectivity index (χ1) is 14.8. The van der Waals surface area contributed by atoms with Crippen LogP contribution in [-0.2, 0) is 10.0 Å². The molecule has 1 aliphatic rings. The lowest BCUT2D eigenvalue weighted by Crippen LogP contribution is -2.42. The average molecular weight is 441 g/mol. The van der Waals surface area contributed by atoms with Gasteiger partial charge in [-0.1, -0.05) is 26.0 Å². The number of hydrogen-bond acceptors (Lipinski definition) is 5. The smallest absolute Gasteiger partial charge is 0.267 e. The van der Waals surface area contributed by atoms with Crippen molar-refractivity contribution in [3.05, 3.63) is 70.8 Å². The van der Waals surface area contributed by atoms with Crippen molar-refractivity contribution in [1.82, 2.24) is 14.0 Å². The highest BCUT2D eigenvalue weighted by Gasteiger charge is 2.31. The number of hydrogen-bond donors (Lipinski definition) is 1. The molecule has 1 aliphatic heterocycles. The van der Waals surface area contributed by atoms with Gasteiger partial charge in [0.2, 0.25) is 10.0 Å². The number of sulfonamides is 1. The van der Waals surface area contributed by atoms with Crippen LogP contribution >= 0.6 is 0 Å². The Bertz CT molecular complexity index is 1270. The Morgan fingerprint density at radius 2 is 1.68 bits per heavy atom. The number of para-hydroxylation sites is 1. The maximum atomic E-state index is 13.0. The van der Waals surface area contributed by atoms with Crippen molar-refractivity contribution in [2.75, 3.05) is 18.5 Å². The summed E-state index contributed by atoms with van der Waals surface area (Å²) in [6.45, 7) is 5.09. The summed E-state index contributed by atoms with van der Waals surface area (Å²) in [5.41, 5.74) is 2.87. The van der Waals surface area contributed by atoms with Gasteiger partial charge in [0.25, 0.3) is 11.5 Å². The molecular weight excluding hydrogens is 416 g/mol. The first-order valence-corrected chi connectivity index (χ1v) is 11.6. The Balaban J connectivity index is 1.54. The molecule has 0 aliphatic carbocycles. The highest BCUT2D eigenvalue weighted by molar-refractivity contribution is 7.89. The Hall–Kier alpha value is -3.04. The van der Waals surface area contributed by atoms with E-state index in [0.29, 0.717) is 35.8 Å². The molecule has 0 radical (unpaired) electrons. The number of rotatable bonds is 4. The minimum Gasteiger partial charge on any atom is -0.267 e. The normalized spacial score (nSPS) is 19.9. The first-order valence-electron chi connectivity index (χ1n) is 10.1. The topological polar surface area (TPSA) is 101 Å². The maximum Gasteiger partial charge on any atom is 0.280 e. The van der Waals surface area contributed by atoms with E-state index in [1.165, 1.54) is 34.9 Å². The molecule has 1 saturated heterocycles. The van der Waals surface area contributed by atoms with E-state index in [1.807, 2.05) is 0 Å². The standard InChI is InChI=1S/C22H24N4O4S/c1-15-11-16(2)13-25(12-15)31(29,30)18-9-7-17(8-10-18)21(27)24-26-14-23-20-6-4-3-5-19(20)22(26)28/h3-10,14-16H,11-13H2,1-2H3,(H,24,27)/t15-,16-/m0/s1. The van der Waals surface area contributed by atoms with Crippen molar-refractivity contribution in [3.8, 4) is 0 Å². The van der Waals surface area contributed by atoms with Gasteiger partial charge in [-0.15, -0.1) is 0 Å². The van der Waals surface area contributed by atoms with Crippen LogP contribution in [0.1, 0.15) is 30.6 Å². The molecule has 0 bridgehead atoms. The molecule has 0 saturated carbocycles. The predicted octanol–water partition coefficient (Wildman–Crippen LogP) is 2.45. The van der Waals surface area contributed by atoms with Crippen molar-refractivity contribution in [2.45, 2.75) is 25.2 Å². The van der Waals surface area contributed by atoms with E-state index in [4.69, 9.17) is 0 Å². The van der Waals surface area contributed by atoms with Crippen molar-refractivity contribution in [2.24, 2.45) is 11.8 Å². The molecule has 31 heavy (non-hydrogen) atoms. The Morgan fingerprint density at radius 1 is 1.03 bits per heavy atom. The fraction of sp³-hybridized carbons (Fsp3) is 0.318. The summed E-state index contributed by atoms with van der Waals surface area (Å²) in [5.74, 6) is 0.0678. The number of carbonyl (C=O) groups excluding carboxylic acids is 1. The zero-order valence-electron chi connectivity index (χ0n) is 17.4. The second-order valence-corrected chi connectivity index (χ2v) is 10.1. The second kappa shape index (κ2) is 8.24. The third kappa shape index (κ3) is 4.24. The molecule has 1 N–H and O–H groups in total. The van der Waals surface area contributed by atoms with Crippen LogP contribution in [0.15, 0.2) is 64.5 Å². The number of aromatic nitrogens is 2. The Kier molecular flexibility index (Phi) is 5.63. The van der Waals surface area contributed by atoms with E-state index in [0.717, 1.165) is 11.1 Å². The van der Waals surface area contributed by atoms with Gasteiger partial charge in [-0.05, 0) is 54.7 Å². The summed E-state index contributed by atoms with van der Waals surface area (Å²) >= 11 is 0. The van der Waals surface area contributed by atoms with E-state index in [2.05, 4.69) is 24.3 Å². The van der Waals surface area contributed by atoms with Crippen molar-refractivity contribution in [3.63, 3.8) is 0 Å². The van der Waals surface area contributed by atoms with Gasteiger partial charge < -0.3 is 0 Å².